The first-order valence-corrected chi connectivity index (χ1v) is 4.77. The molecule has 1 aliphatic rings. The van der Waals surface area contributed by atoms with Crippen LogP contribution in [0.1, 0.15) is 46.0 Å². The summed E-state index contributed by atoms with van der Waals surface area (Å²) in [6.07, 6.45) is 4.55. The Morgan fingerprint density at radius 2 is 2.00 bits per heavy atom. The molecule has 68 valence electrons. The van der Waals surface area contributed by atoms with Crippen molar-refractivity contribution in [2.75, 3.05) is 0 Å². The van der Waals surface area contributed by atoms with Gasteiger partial charge in [-0.25, -0.2) is 0 Å². The van der Waals surface area contributed by atoms with Gasteiger partial charge in [0.1, 0.15) is 11.7 Å². The quantitative estimate of drug-likeness (QED) is 0.520. The zero-order chi connectivity index (χ0) is 9.40. The Bertz CT molecular complexity index is 169. The van der Waals surface area contributed by atoms with Gasteiger partial charge in [0.2, 0.25) is 0 Å². The maximum absolute atomic E-state index is 11.0. The molecule has 12 heavy (non-hydrogen) atoms. The Labute approximate surface area is 74.6 Å². The van der Waals surface area contributed by atoms with Crippen LogP contribution < -0.4 is 0 Å². The number of hydrogen-bond acceptors (Lipinski definition) is 2. The minimum atomic E-state index is -0.289. The second-order valence-electron chi connectivity index (χ2n) is 2.75. The fourth-order valence-corrected chi connectivity index (χ4v) is 1.30. The largest absolute Gasteiger partial charge is 0.298 e. The van der Waals surface area contributed by atoms with E-state index in [0.29, 0.717) is 6.42 Å². The van der Waals surface area contributed by atoms with Gasteiger partial charge in [-0.05, 0) is 12.8 Å². The van der Waals surface area contributed by atoms with Crippen LogP contribution >= 0.6 is 0 Å². The number of rotatable bonds is 0. The molecule has 1 aliphatic carbocycles. The summed E-state index contributed by atoms with van der Waals surface area (Å²) in [6.45, 7) is 4.00. The monoisotopic (exact) mass is 167 g/mol. The van der Waals surface area contributed by atoms with Crippen LogP contribution in [0.25, 0.3) is 0 Å². The normalized spacial score (nSPS) is 23.1. The Hall–Kier alpha value is -0.840. The number of ketones is 1. The molecular formula is C10H17NO. The minimum Gasteiger partial charge on any atom is -0.298 e. The minimum absolute atomic E-state index is 0.153. The van der Waals surface area contributed by atoms with Gasteiger partial charge in [-0.2, -0.15) is 5.26 Å². The highest BCUT2D eigenvalue weighted by Gasteiger charge is 2.19. The molecule has 0 spiro atoms. The fourth-order valence-electron chi connectivity index (χ4n) is 1.30. The van der Waals surface area contributed by atoms with E-state index in [9.17, 15) is 4.79 Å². The van der Waals surface area contributed by atoms with Gasteiger partial charge in [-0.15, -0.1) is 0 Å². The summed E-state index contributed by atoms with van der Waals surface area (Å²) < 4.78 is 0. The fraction of sp³-hybridized carbons (Fsp3) is 0.800. The van der Waals surface area contributed by atoms with E-state index < -0.39 is 0 Å². The van der Waals surface area contributed by atoms with E-state index in [1.807, 2.05) is 19.9 Å². The van der Waals surface area contributed by atoms with E-state index in [0.717, 1.165) is 25.7 Å². The molecule has 0 aromatic rings. The molecule has 0 heterocycles. The summed E-state index contributed by atoms with van der Waals surface area (Å²) >= 11 is 0. The summed E-state index contributed by atoms with van der Waals surface area (Å²) in [7, 11) is 0. The predicted octanol–water partition coefficient (Wildman–Crippen LogP) is 2.69. The van der Waals surface area contributed by atoms with Crippen molar-refractivity contribution in [3.8, 4) is 6.07 Å². The number of nitriles is 1. The molecule has 0 aromatic carbocycles. The van der Waals surface area contributed by atoms with Gasteiger partial charge in [0, 0.05) is 6.42 Å². The molecule has 0 saturated heterocycles. The molecule has 1 rings (SSSR count). The third kappa shape index (κ3) is 3.52. The first-order chi connectivity index (χ1) is 5.84. The smallest absolute Gasteiger partial charge is 0.149 e. The third-order valence-corrected chi connectivity index (χ3v) is 1.96. The molecule has 1 fully saturated rings. The van der Waals surface area contributed by atoms with Gasteiger partial charge in [-0.3, -0.25) is 4.79 Å². The first kappa shape index (κ1) is 11.2. The van der Waals surface area contributed by atoms with Crippen molar-refractivity contribution in [1.29, 1.82) is 5.26 Å². The molecule has 0 aromatic heterocycles. The summed E-state index contributed by atoms with van der Waals surface area (Å²) in [6, 6.07) is 2.04. The molecule has 1 saturated carbocycles. The summed E-state index contributed by atoms with van der Waals surface area (Å²) in [5, 5.41) is 8.52. The van der Waals surface area contributed by atoms with Crippen molar-refractivity contribution >= 4 is 5.78 Å². The second-order valence-corrected chi connectivity index (χ2v) is 2.75. The molecule has 0 radical (unpaired) electrons. The zero-order valence-corrected chi connectivity index (χ0v) is 7.97. The number of hydrogen-bond donors (Lipinski definition) is 0. The number of carbonyl (C=O) groups is 1. The molecule has 0 amide bonds. The zero-order valence-electron chi connectivity index (χ0n) is 7.97. The predicted molar refractivity (Wildman–Crippen MR) is 48.5 cm³/mol. The molecule has 2 nitrogen and oxygen atoms in total. The van der Waals surface area contributed by atoms with Crippen molar-refractivity contribution in [3.63, 3.8) is 0 Å². The van der Waals surface area contributed by atoms with Gasteiger partial charge < -0.3 is 0 Å². The highest BCUT2D eigenvalue weighted by Crippen LogP contribution is 2.18. The number of Topliss-reactive ketones (excluding diaryl/α,β-unsaturated/α-hetero) is 1. The van der Waals surface area contributed by atoms with Gasteiger partial charge in [0.05, 0.1) is 6.07 Å². The molecule has 1 atom stereocenters. The Morgan fingerprint density at radius 3 is 2.58 bits per heavy atom. The van der Waals surface area contributed by atoms with Gasteiger partial charge >= 0.3 is 0 Å². The lowest BCUT2D eigenvalue weighted by atomic mass is 10.0. The lowest BCUT2D eigenvalue weighted by molar-refractivity contribution is -0.121. The van der Waals surface area contributed by atoms with E-state index in [1.165, 1.54) is 0 Å². The molecule has 1 unspecified atom stereocenters. The highest BCUT2D eigenvalue weighted by atomic mass is 16.1. The Kier molecular flexibility index (Phi) is 6.37. The maximum atomic E-state index is 11.0. The van der Waals surface area contributed by atoms with Crippen LogP contribution in [0.3, 0.4) is 0 Å². The van der Waals surface area contributed by atoms with Crippen LogP contribution in [0.15, 0.2) is 0 Å². The van der Waals surface area contributed by atoms with Crippen LogP contribution in [0.4, 0.5) is 0 Å². The van der Waals surface area contributed by atoms with Crippen molar-refractivity contribution in [2.24, 2.45) is 5.92 Å². The van der Waals surface area contributed by atoms with Crippen molar-refractivity contribution in [3.05, 3.63) is 0 Å². The van der Waals surface area contributed by atoms with Crippen LogP contribution in [0.2, 0.25) is 0 Å². The molecule has 2 heteroatoms. The average Bonchev–Trinajstić information content (AvgIpc) is 2.33. The molecule has 0 bridgehead atoms. The number of carbonyl (C=O) groups excluding carboxylic acids is 1. The molecule has 0 N–H and O–H groups in total. The van der Waals surface area contributed by atoms with E-state index >= 15 is 0 Å². The van der Waals surface area contributed by atoms with Crippen LogP contribution in [-0.4, -0.2) is 5.78 Å². The van der Waals surface area contributed by atoms with E-state index in [1.54, 1.807) is 0 Å². The standard InChI is InChI=1S/C8H11NO.C2H6/c9-6-7-4-2-1-3-5-8(7)10;1-2/h7H,1-5H2;1-2H3. The SMILES string of the molecule is CC.N#CC1CCCCCC1=O. The summed E-state index contributed by atoms with van der Waals surface area (Å²) in [5.74, 6) is -0.137. The number of nitrogens with zero attached hydrogens (tertiary/aromatic N) is 1. The highest BCUT2D eigenvalue weighted by molar-refractivity contribution is 5.83. The Balaban J connectivity index is 0.000000561. The lowest BCUT2D eigenvalue weighted by Gasteiger charge is -1.99. The van der Waals surface area contributed by atoms with Gasteiger partial charge in [0.25, 0.3) is 0 Å². The third-order valence-electron chi connectivity index (χ3n) is 1.96. The van der Waals surface area contributed by atoms with Crippen molar-refractivity contribution in [2.45, 2.75) is 46.0 Å². The van der Waals surface area contributed by atoms with Crippen LogP contribution in [0, 0.1) is 17.2 Å². The van der Waals surface area contributed by atoms with Crippen molar-refractivity contribution < 1.29 is 4.79 Å². The van der Waals surface area contributed by atoms with Gasteiger partial charge in [-0.1, -0.05) is 26.7 Å². The first-order valence-electron chi connectivity index (χ1n) is 4.77. The topological polar surface area (TPSA) is 40.9 Å². The van der Waals surface area contributed by atoms with Crippen LogP contribution in [-0.2, 0) is 4.79 Å². The summed E-state index contributed by atoms with van der Waals surface area (Å²) in [4.78, 5) is 11.0. The average molecular weight is 167 g/mol. The maximum Gasteiger partial charge on any atom is 0.149 e. The van der Waals surface area contributed by atoms with Gasteiger partial charge in [0.15, 0.2) is 0 Å². The second kappa shape index (κ2) is 6.84. The van der Waals surface area contributed by atoms with E-state index in [-0.39, 0.29) is 11.7 Å². The lowest BCUT2D eigenvalue weighted by Crippen LogP contribution is -2.09. The van der Waals surface area contributed by atoms with Crippen LogP contribution in [0.5, 0.6) is 0 Å². The Morgan fingerprint density at radius 1 is 1.33 bits per heavy atom. The van der Waals surface area contributed by atoms with E-state index in [2.05, 4.69) is 0 Å². The summed E-state index contributed by atoms with van der Waals surface area (Å²) in [5.41, 5.74) is 0. The van der Waals surface area contributed by atoms with E-state index in [4.69, 9.17) is 5.26 Å². The molecular weight excluding hydrogens is 150 g/mol. The van der Waals surface area contributed by atoms with Crippen molar-refractivity contribution in [1.82, 2.24) is 0 Å². The molecule has 0 aliphatic heterocycles.